The molecule has 0 bridgehead atoms. The molecule has 1 fully saturated rings. The van der Waals surface area contributed by atoms with Gasteiger partial charge in [0.05, 0.1) is 26.5 Å². The predicted molar refractivity (Wildman–Crippen MR) is 138 cm³/mol. The zero-order valence-corrected chi connectivity index (χ0v) is 20.7. The number of hydrogen-bond donors (Lipinski definition) is 2. The lowest BCUT2D eigenvalue weighted by Crippen LogP contribution is -2.37. The Kier molecular flexibility index (Phi) is 7.91. The monoisotopic (exact) mass is 491 g/mol. The third kappa shape index (κ3) is 6.45. The number of carbonyl (C=O) groups is 1. The number of hydrogen-bond acceptors (Lipinski definition) is 11. The topological polar surface area (TPSA) is 123 Å². The fraction of sp³-hybridized carbons (Fsp3) is 0.320. The summed E-state index contributed by atoms with van der Waals surface area (Å²) in [6, 6.07) is 11.3. The van der Waals surface area contributed by atoms with Crippen LogP contribution in [0.15, 0.2) is 41.5 Å². The first-order valence-corrected chi connectivity index (χ1v) is 11.5. The van der Waals surface area contributed by atoms with Crippen LogP contribution in [0.3, 0.4) is 0 Å². The van der Waals surface area contributed by atoms with Crippen LogP contribution in [0.5, 0.6) is 11.5 Å². The Labute approximate surface area is 209 Å². The Morgan fingerprint density at radius 3 is 2.58 bits per heavy atom. The Bertz CT molecular complexity index is 1260. The van der Waals surface area contributed by atoms with Gasteiger partial charge in [-0.15, -0.1) is 0 Å². The van der Waals surface area contributed by atoms with Gasteiger partial charge in [0.1, 0.15) is 0 Å². The van der Waals surface area contributed by atoms with Crippen molar-refractivity contribution >= 4 is 35.7 Å². The maximum atomic E-state index is 11.3. The van der Waals surface area contributed by atoms with Gasteiger partial charge in [-0.05, 0) is 54.8 Å². The number of nitrogens with one attached hydrogen (secondary N) is 2. The molecule has 2 N–H and O–H groups in total. The molecule has 11 nitrogen and oxygen atoms in total. The van der Waals surface area contributed by atoms with E-state index in [1.165, 1.54) is 14.0 Å². The van der Waals surface area contributed by atoms with E-state index in [-0.39, 0.29) is 0 Å². The molecule has 0 amide bonds. The van der Waals surface area contributed by atoms with Gasteiger partial charge < -0.3 is 24.4 Å². The molecule has 0 aliphatic carbocycles. The van der Waals surface area contributed by atoms with E-state index in [1.807, 2.05) is 30.9 Å². The van der Waals surface area contributed by atoms with Crippen LogP contribution in [0.25, 0.3) is 0 Å². The molecule has 2 aromatic carbocycles. The molecular weight excluding hydrogens is 462 g/mol. The minimum Gasteiger partial charge on any atom is -0.493 e. The van der Waals surface area contributed by atoms with E-state index in [2.05, 4.69) is 36.9 Å². The molecule has 1 aliphatic heterocycles. The van der Waals surface area contributed by atoms with Crippen molar-refractivity contribution in [3.05, 3.63) is 53.1 Å². The van der Waals surface area contributed by atoms with Gasteiger partial charge in [0.25, 0.3) is 0 Å². The van der Waals surface area contributed by atoms with Crippen LogP contribution < -0.4 is 25.1 Å². The summed E-state index contributed by atoms with van der Waals surface area (Å²) in [5, 5.41) is 7.59. The molecule has 36 heavy (non-hydrogen) atoms. The largest absolute Gasteiger partial charge is 0.493 e. The van der Waals surface area contributed by atoms with Crippen molar-refractivity contribution in [3.8, 4) is 11.5 Å². The number of anilines is 4. The minimum atomic E-state index is -0.424. The van der Waals surface area contributed by atoms with Gasteiger partial charge in [-0.3, -0.25) is 4.79 Å². The second kappa shape index (κ2) is 11.5. The van der Waals surface area contributed by atoms with E-state index in [4.69, 9.17) is 14.2 Å². The summed E-state index contributed by atoms with van der Waals surface area (Å²) in [5.41, 5.74) is 6.75. The number of esters is 1. The Morgan fingerprint density at radius 2 is 1.83 bits per heavy atom. The second-order valence-corrected chi connectivity index (χ2v) is 8.20. The summed E-state index contributed by atoms with van der Waals surface area (Å²) >= 11 is 0. The van der Waals surface area contributed by atoms with Gasteiger partial charge in [0.15, 0.2) is 11.5 Å². The maximum absolute atomic E-state index is 11.3. The summed E-state index contributed by atoms with van der Waals surface area (Å²) in [7, 11) is 1.50. The molecule has 2 heterocycles. The first kappa shape index (κ1) is 24.9. The molecule has 0 radical (unpaired) electrons. The van der Waals surface area contributed by atoms with Crippen LogP contribution in [0, 0.1) is 13.8 Å². The van der Waals surface area contributed by atoms with Crippen molar-refractivity contribution in [2.45, 2.75) is 20.8 Å². The van der Waals surface area contributed by atoms with E-state index in [9.17, 15) is 4.79 Å². The molecule has 0 unspecified atom stereocenters. The zero-order valence-electron chi connectivity index (χ0n) is 20.7. The highest BCUT2D eigenvalue weighted by Crippen LogP contribution is 2.28. The summed E-state index contributed by atoms with van der Waals surface area (Å²) in [6.07, 6.45) is 1.59. The van der Waals surface area contributed by atoms with Crippen molar-refractivity contribution in [1.82, 2.24) is 15.0 Å². The first-order chi connectivity index (χ1) is 17.4. The molecule has 3 aromatic rings. The normalized spacial score (nSPS) is 13.5. The third-order valence-electron chi connectivity index (χ3n) is 5.38. The summed E-state index contributed by atoms with van der Waals surface area (Å²) < 4.78 is 15.9. The number of benzene rings is 2. The second-order valence-electron chi connectivity index (χ2n) is 8.20. The van der Waals surface area contributed by atoms with Crippen molar-refractivity contribution in [2.24, 2.45) is 5.10 Å². The third-order valence-corrected chi connectivity index (χ3v) is 5.38. The predicted octanol–water partition coefficient (Wildman–Crippen LogP) is 3.45. The number of hydrazone groups is 1. The van der Waals surface area contributed by atoms with E-state index < -0.39 is 5.97 Å². The van der Waals surface area contributed by atoms with E-state index in [0.717, 1.165) is 22.4 Å². The number of nitrogens with zero attached hydrogens (tertiary/aromatic N) is 5. The first-order valence-electron chi connectivity index (χ1n) is 11.5. The number of aryl methyl sites for hydroxylation is 2. The smallest absolute Gasteiger partial charge is 0.308 e. The number of rotatable bonds is 8. The van der Waals surface area contributed by atoms with Crippen molar-refractivity contribution in [2.75, 3.05) is 49.1 Å². The highest BCUT2D eigenvalue weighted by molar-refractivity contribution is 5.82. The lowest BCUT2D eigenvalue weighted by Gasteiger charge is -2.27. The molecule has 188 valence electrons. The van der Waals surface area contributed by atoms with Gasteiger partial charge in [0, 0.05) is 25.7 Å². The summed E-state index contributed by atoms with van der Waals surface area (Å²) in [5.74, 6) is 1.57. The molecule has 4 rings (SSSR count). The van der Waals surface area contributed by atoms with Crippen LogP contribution in [-0.2, 0) is 9.53 Å². The molecule has 1 aromatic heterocycles. The lowest BCUT2D eigenvalue weighted by molar-refractivity contribution is -0.132. The number of aromatic nitrogens is 3. The number of carbonyl (C=O) groups excluding carboxylic acids is 1. The standard InChI is InChI=1S/C25H29N7O4/c1-16-5-6-17(2)20(13-16)27-23-28-24(30-25(29-23)32-9-11-35-12-10-32)31-26-15-19-7-8-21(36-18(3)33)22(14-19)34-4/h5-8,13-15H,9-12H2,1-4H3,(H2,27,28,29,30,31). The molecule has 1 saturated heterocycles. The molecular formula is C25H29N7O4. The van der Waals surface area contributed by atoms with Crippen molar-refractivity contribution < 1.29 is 19.0 Å². The van der Waals surface area contributed by atoms with Crippen LogP contribution >= 0.6 is 0 Å². The molecule has 0 atom stereocenters. The van der Waals surface area contributed by atoms with Crippen LogP contribution in [0.2, 0.25) is 0 Å². The fourth-order valence-electron chi connectivity index (χ4n) is 3.53. The maximum Gasteiger partial charge on any atom is 0.308 e. The van der Waals surface area contributed by atoms with Crippen LogP contribution in [-0.4, -0.2) is 60.5 Å². The highest BCUT2D eigenvalue weighted by atomic mass is 16.6. The quantitative estimate of drug-likeness (QED) is 0.210. The van der Waals surface area contributed by atoms with E-state index in [1.54, 1.807) is 24.4 Å². The number of ether oxygens (including phenoxy) is 3. The van der Waals surface area contributed by atoms with Crippen LogP contribution in [0.1, 0.15) is 23.6 Å². The Morgan fingerprint density at radius 1 is 1.06 bits per heavy atom. The van der Waals surface area contributed by atoms with E-state index in [0.29, 0.717) is 55.6 Å². The molecule has 0 spiro atoms. The minimum absolute atomic E-state index is 0.291. The molecule has 1 aliphatic rings. The van der Waals surface area contributed by atoms with Crippen molar-refractivity contribution in [1.29, 1.82) is 0 Å². The van der Waals surface area contributed by atoms with Gasteiger partial charge in [0.2, 0.25) is 17.8 Å². The Hall–Kier alpha value is -4.25. The fourth-order valence-corrected chi connectivity index (χ4v) is 3.53. The number of methoxy groups -OCH3 is 1. The van der Waals surface area contributed by atoms with Crippen molar-refractivity contribution in [3.63, 3.8) is 0 Å². The summed E-state index contributed by atoms with van der Waals surface area (Å²) in [4.78, 5) is 27.0. The Balaban J connectivity index is 1.57. The van der Waals surface area contributed by atoms with Gasteiger partial charge in [-0.2, -0.15) is 20.1 Å². The van der Waals surface area contributed by atoms with E-state index >= 15 is 0 Å². The molecule has 0 saturated carbocycles. The van der Waals surface area contributed by atoms with Crippen LogP contribution in [0.4, 0.5) is 23.5 Å². The lowest BCUT2D eigenvalue weighted by atomic mass is 10.1. The van der Waals surface area contributed by atoms with Gasteiger partial charge in [-0.1, -0.05) is 12.1 Å². The zero-order chi connectivity index (χ0) is 25.5. The van der Waals surface area contributed by atoms with Gasteiger partial charge in [-0.25, -0.2) is 5.43 Å². The summed E-state index contributed by atoms with van der Waals surface area (Å²) in [6.45, 7) is 7.98. The average molecular weight is 492 g/mol. The van der Waals surface area contributed by atoms with Gasteiger partial charge >= 0.3 is 5.97 Å². The molecule has 11 heteroatoms. The number of morpholine rings is 1. The SMILES string of the molecule is COc1cc(C=NNc2nc(Nc3cc(C)ccc3C)nc(N3CCOCC3)n2)ccc1OC(C)=O. The highest BCUT2D eigenvalue weighted by Gasteiger charge is 2.17. The average Bonchev–Trinajstić information content (AvgIpc) is 2.87.